The molecular formula is C26H36N6O4. The first kappa shape index (κ1) is 25.7. The zero-order chi connectivity index (χ0) is 26.2. The molecule has 10 heteroatoms. The number of carbonyl (C=O) groups is 2. The van der Waals surface area contributed by atoms with Gasteiger partial charge in [0.25, 0.3) is 11.5 Å². The SMILES string of the molecule is CC(C)Cn1c(=O)c2ccc(C(=O)NC3CCCCC3)cc2n2c(=O)n(CC(=O)NC(C)(C)C)nc12. The average molecular weight is 497 g/mol. The molecule has 0 atom stereocenters. The molecule has 2 heterocycles. The maximum atomic E-state index is 13.5. The Kier molecular flexibility index (Phi) is 7.06. The number of benzene rings is 1. The Balaban J connectivity index is 1.83. The smallest absolute Gasteiger partial charge is 0.350 e. The summed E-state index contributed by atoms with van der Waals surface area (Å²) in [5.74, 6) is -0.315. The van der Waals surface area contributed by atoms with Gasteiger partial charge in [-0.25, -0.2) is 13.9 Å². The van der Waals surface area contributed by atoms with E-state index in [0.717, 1.165) is 30.4 Å². The summed E-state index contributed by atoms with van der Waals surface area (Å²) in [6.45, 7) is 9.57. The van der Waals surface area contributed by atoms with Crippen LogP contribution in [0.4, 0.5) is 0 Å². The van der Waals surface area contributed by atoms with Gasteiger partial charge in [-0.1, -0.05) is 33.1 Å². The Morgan fingerprint density at radius 1 is 1.11 bits per heavy atom. The van der Waals surface area contributed by atoms with E-state index in [-0.39, 0.29) is 41.7 Å². The molecule has 1 fully saturated rings. The monoisotopic (exact) mass is 496 g/mol. The van der Waals surface area contributed by atoms with Gasteiger partial charge < -0.3 is 10.6 Å². The van der Waals surface area contributed by atoms with Gasteiger partial charge >= 0.3 is 5.69 Å². The molecule has 0 bridgehead atoms. The molecule has 0 saturated heterocycles. The Labute approximate surface area is 209 Å². The van der Waals surface area contributed by atoms with Crippen molar-refractivity contribution in [2.45, 2.75) is 91.4 Å². The molecule has 1 aliphatic rings. The molecular weight excluding hydrogens is 460 g/mol. The Morgan fingerprint density at radius 3 is 2.44 bits per heavy atom. The molecule has 3 aromatic rings. The summed E-state index contributed by atoms with van der Waals surface area (Å²) in [6, 6.07) is 4.93. The van der Waals surface area contributed by atoms with Crippen LogP contribution in [0.15, 0.2) is 27.8 Å². The number of nitrogens with one attached hydrogen (secondary N) is 2. The maximum absolute atomic E-state index is 13.5. The molecule has 10 nitrogen and oxygen atoms in total. The number of fused-ring (bicyclic) bond motifs is 3. The summed E-state index contributed by atoms with van der Waals surface area (Å²) in [7, 11) is 0. The van der Waals surface area contributed by atoms with Crippen LogP contribution in [0.3, 0.4) is 0 Å². The van der Waals surface area contributed by atoms with Crippen LogP contribution in [-0.2, 0) is 17.9 Å². The highest BCUT2D eigenvalue weighted by Gasteiger charge is 2.22. The number of amides is 2. The largest absolute Gasteiger partial charge is 0.352 e. The summed E-state index contributed by atoms with van der Waals surface area (Å²) in [5, 5.41) is 10.6. The first-order valence-electron chi connectivity index (χ1n) is 12.7. The van der Waals surface area contributed by atoms with E-state index in [1.54, 1.807) is 18.2 Å². The first-order chi connectivity index (χ1) is 16.9. The van der Waals surface area contributed by atoms with Crippen LogP contribution in [0.5, 0.6) is 0 Å². The molecule has 0 spiro atoms. The van der Waals surface area contributed by atoms with Crippen LogP contribution >= 0.6 is 0 Å². The van der Waals surface area contributed by atoms with Gasteiger partial charge in [-0.15, -0.1) is 5.10 Å². The van der Waals surface area contributed by atoms with E-state index >= 15 is 0 Å². The van der Waals surface area contributed by atoms with Gasteiger partial charge in [0.05, 0.1) is 10.9 Å². The third-order valence-electron chi connectivity index (χ3n) is 6.34. The van der Waals surface area contributed by atoms with Crippen molar-refractivity contribution in [2.24, 2.45) is 5.92 Å². The standard InChI is InChI=1S/C26H36N6O4/c1-16(2)14-30-23(35)19-12-11-17(22(34)27-18-9-7-6-8-10-18)13-20(19)32-24(30)29-31(25(32)36)15-21(33)28-26(3,4)5/h11-13,16,18H,6-10,14-15H2,1-5H3,(H,27,34)(H,28,33). The normalized spacial score (nSPS) is 15.1. The van der Waals surface area contributed by atoms with E-state index < -0.39 is 11.2 Å². The van der Waals surface area contributed by atoms with Crippen LogP contribution < -0.4 is 21.9 Å². The van der Waals surface area contributed by atoms with Crippen molar-refractivity contribution >= 4 is 28.5 Å². The van der Waals surface area contributed by atoms with Crippen molar-refractivity contribution in [3.63, 3.8) is 0 Å². The van der Waals surface area contributed by atoms with Gasteiger partial charge in [0.2, 0.25) is 11.7 Å². The molecule has 2 N–H and O–H groups in total. The molecule has 1 aromatic carbocycles. The summed E-state index contributed by atoms with van der Waals surface area (Å²) < 4.78 is 3.87. The lowest BCUT2D eigenvalue weighted by Crippen LogP contribution is -2.43. The van der Waals surface area contributed by atoms with Gasteiger partial charge in [-0.2, -0.15) is 0 Å². The second-order valence-corrected chi connectivity index (χ2v) is 11.2. The van der Waals surface area contributed by atoms with Gasteiger partial charge in [-0.05, 0) is 57.7 Å². The molecule has 1 aliphatic carbocycles. The quantitative estimate of drug-likeness (QED) is 0.543. The zero-order valence-corrected chi connectivity index (χ0v) is 21.8. The molecule has 0 aliphatic heterocycles. The summed E-state index contributed by atoms with van der Waals surface area (Å²) in [4.78, 5) is 52.4. The zero-order valence-electron chi connectivity index (χ0n) is 21.8. The number of hydrogen-bond donors (Lipinski definition) is 2. The van der Waals surface area contributed by atoms with Crippen molar-refractivity contribution in [3.05, 3.63) is 44.6 Å². The number of rotatable bonds is 6. The van der Waals surface area contributed by atoms with Crippen LogP contribution in [0.2, 0.25) is 0 Å². The van der Waals surface area contributed by atoms with Gasteiger partial charge in [-0.3, -0.25) is 19.0 Å². The van der Waals surface area contributed by atoms with Crippen molar-refractivity contribution in [3.8, 4) is 0 Å². The number of hydrogen-bond acceptors (Lipinski definition) is 5. The fourth-order valence-electron chi connectivity index (χ4n) is 4.80. The highest BCUT2D eigenvalue weighted by Crippen LogP contribution is 2.19. The molecule has 0 unspecified atom stereocenters. The minimum Gasteiger partial charge on any atom is -0.350 e. The van der Waals surface area contributed by atoms with Gasteiger partial charge in [0.1, 0.15) is 6.54 Å². The lowest BCUT2D eigenvalue weighted by molar-refractivity contribution is -0.123. The van der Waals surface area contributed by atoms with Gasteiger partial charge in [0.15, 0.2) is 0 Å². The lowest BCUT2D eigenvalue weighted by atomic mass is 9.95. The minimum absolute atomic E-state index is 0.119. The fraction of sp³-hybridized carbons (Fsp3) is 0.577. The topological polar surface area (TPSA) is 120 Å². The Hall–Kier alpha value is -3.43. The number of aromatic nitrogens is 4. The summed E-state index contributed by atoms with van der Waals surface area (Å²) in [6.07, 6.45) is 5.27. The van der Waals surface area contributed by atoms with Crippen LogP contribution in [0.25, 0.3) is 16.7 Å². The number of carbonyl (C=O) groups excluding carboxylic acids is 2. The second kappa shape index (κ2) is 9.91. The third-order valence-corrected chi connectivity index (χ3v) is 6.34. The predicted octanol–water partition coefficient (Wildman–Crippen LogP) is 2.44. The van der Waals surface area contributed by atoms with E-state index in [2.05, 4.69) is 15.7 Å². The van der Waals surface area contributed by atoms with Crippen LogP contribution in [0, 0.1) is 5.92 Å². The molecule has 2 aromatic heterocycles. The first-order valence-corrected chi connectivity index (χ1v) is 12.7. The highest BCUT2D eigenvalue weighted by atomic mass is 16.2. The van der Waals surface area contributed by atoms with Crippen molar-refractivity contribution < 1.29 is 9.59 Å². The van der Waals surface area contributed by atoms with E-state index in [1.807, 2.05) is 34.6 Å². The van der Waals surface area contributed by atoms with Crippen molar-refractivity contribution in [1.29, 1.82) is 0 Å². The van der Waals surface area contributed by atoms with Crippen LogP contribution in [-0.4, -0.2) is 42.1 Å². The van der Waals surface area contributed by atoms with Crippen molar-refractivity contribution in [1.82, 2.24) is 29.4 Å². The highest BCUT2D eigenvalue weighted by molar-refractivity contribution is 5.98. The van der Waals surface area contributed by atoms with E-state index in [1.165, 1.54) is 15.4 Å². The van der Waals surface area contributed by atoms with Crippen molar-refractivity contribution in [2.75, 3.05) is 0 Å². The number of nitrogens with zero attached hydrogens (tertiary/aromatic N) is 4. The van der Waals surface area contributed by atoms with Crippen LogP contribution in [0.1, 0.15) is 77.1 Å². The van der Waals surface area contributed by atoms with E-state index in [0.29, 0.717) is 23.0 Å². The Bertz CT molecular complexity index is 1420. The average Bonchev–Trinajstić information content (AvgIpc) is 3.11. The fourth-order valence-corrected chi connectivity index (χ4v) is 4.80. The van der Waals surface area contributed by atoms with E-state index in [4.69, 9.17) is 0 Å². The lowest BCUT2D eigenvalue weighted by Gasteiger charge is -2.22. The molecule has 194 valence electrons. The Morgan fingerprint density at radius 2 is 1.81 bits per heavy atom. The molecule has 0 radical (unpaired) electrons. The molecule has 4 rings (SSSR count). The second-order valence-electron chi connectivity index (χ2n) is 11.2. The summed E-state index contributed by atoms with van der Waals surface area (Å²) >= 11 is 0. The third kappa shape index (κ3) is 5.37. The minimum atomic E-state index is -0.540. The van der Waals surface area contributed by atoms with E-state index in [9.17, 15) is 19.2 Å². The summed E-state index contributed by atoms with van der Waals surface area (Å²) in [5.41, 5.74) is -0.616. The molecule has 2 amide bonds. The maximum Gasteiger partial charge on any atom is 0.352 e. The molecule has 1 saturated carbocycles. The van der Waals surface area contributed by atoms with Gasteiger partial charge in [0, 0.05) is 23.7 Å². The predicted molar refractivity (Wildman–Crippen MR) is 138 cm³/mol. The molecule has 36 heavy (non-hydrogen) atoms.